The molecule has 1 fully saturated rings. The Morgan fingerprint density at radius 1 is 1.23 bits per heavy atom. The zero-order chi connectivity index (χ0) is 16.7. The van der Waals surface area contributed by atoms with Crippen LogP contribution >= 0.6 is 24.2 Å². The van der Waals surface area contributed by atoms with E-state index in [2.05, 4.69) is 12.6 Å². The average molecular weight is 347 g/mol. The first-order valence-corrected chi connectivity index (χ1v) is 7.90. The largest absolute Gasteiger partial charge is 0.491 e. The smallest absolute Gasteiger partial charge is 0.400 e. The third-order valence-electron chi connectivity index (χ3n) is 4.14. The van der Waals surface area contributed by atoms with Crippen LogP contribution in [-0.4, -0.2) is 24.1 Å². The van der Waals surface area contributed by atoms with Crippen LogP contribution in [0.5, 0.6) is 0 Å². The maximum atomic E-state index is 14.0. The minimum absolute atomic E-state index is 0.171. The fraction of sp³-hybridized carbons (Fsp3) is 0.467. The molecule has 0 N–H and O–H groups in total. The van der Waals surface area contributed by atoms with Crippen LogP contribution in [0.2, 0.25) is 5.02 Å². The van der Waals surface area contributed by atoms with Crippen LogP contribution in [-0.2, 0) is 9.31 Å². The summed E-state index contributed by atoms with van der Waals surface area (Å²) >= 11 is 9.86. The molecule has 0 amide bonds. The highest BCUT2D eigenvalue weighted by atomic mass is 35.5. The molecule has 0 atom stereocenters. The molecule has 1 aromatic rings. The van der Waals surface area contributed by atoms with Crippen molar-refractivity contribution in [3.63, 3.8) is 0 Å². The van der Waals surface area contributed by atoms with E-state index in [0.717, 1.165) is 6.07 Å². The zero-order valence-corrected chi connectivity index (χ0v) is 14.6. The lowest BCUT2D eigenvalue weighted by Crippen LogP contribution is -2.41. The average Bonchev–Trinajstić information content (AvgIpc) is 2.64. The second-order valence-corrected chi connectivity index (χ2v) is 6.92. The van der Waals surface area contributed by atoms with Gasteiger partial charge in [-0.2, -0.15) is 12.6 Å². The van der Waals surface area contributed by atoms with E-state index in [0.29, 0.717) is 11.2 Å². The minimum Gasteiger partial charge on any atom is -0.400 e. The highest BCUT2D eigenvalue weighted by molar-refractivity contribution is 7.80. The van der Waals surface area contributed by atoms with Crippen LogP contribution in [0.1, 0.15) is 33.3 Å². The lowest BCUT2D eigenvalue weighted by Gasteiger charge is -2.32. The Labute approximate surface area is 140 Å². The highest BCUT2D eigenvalue weighted by Crippen LogP contribution is 2.39. The molecule has 1 aromatic carbocycles. The van der Waals surface area contributed by atoms with Gasteiger partial charge < -0.3 is 9.31 Å². The molecule has 0 radical (unpaired) electrons. The van der Waals surface area contributed by atoms with Crippen LogP contribution in [0, 0.1) is 11.6 Å². The second kappa shape index (κ2) is 6.15. The Morgan fingerprint density at radius 3 is 2.27 bits per heavy atom. The van der Waals surface area contributed by atoms with Gasteiger partial charge in [-0.15, -0.1) is 0 Å². The van der Waals surface area contributed by atoms with Gasteiger partial charge in [0.05, 0.1) is 11.2 Å². The molecule has 22 heavy (non-hydrogen) atoms. The zero-order valence-electron chi connectivity index (χ0n) is 12.9. The summed E-state index contributed by atoms with van der Waals surface area (Å²) in [6.45, 7) is 7.72. The Kier molecular flexibility index (Phi) is 4.98. The molecule has 7 heteroatoms. The van der Waals surface area contributed by atoms with E-state index in [1.165, 1.54) is 12.1 Å². The van der Waals surface area contributed by atoms with Gasteiger partial charge in [0.2, 0.25) is 0 Å². The topological polar surface area (TPSA) is 18.5 Å². The Bertz CT molecular complexity index is 604. The molecule has 2 rings (SSSR count). The van der Waals surface area contributed by atoms with Crippen LogP contribution < -0.4 is 0 Å². The van der Waals surface area contributed by atoms with Crippen molar-refractivity contribution in [2.45, 2.75) is 38.9 Å². The summed E-state index contributed by atoms with van der Waals surface area (Å²) in [6.07, 6.45) is 1.54. The lowest BCUT2D eigenvalue weighted by atomic mass is 9.78. The molecule has 0 aliphatic carbocycles. The van der Waals surface area contributed by atoms with Gasteiger partial charge in [0.1, 0.15) is 10.8 Å². The first-order chi connectivity index (χ1) is 10.1. The normalized spacial score (nSPS) is 20.5. The SMILES string of the molecule is CC1(C)OB(C(=Cc2ccc(F)c(Cl)c2F)CS)OC1(C)C. The van der Waals surface area contributed by atoms with Crippen LogP contribution in [0.3, 0.4) is 0 Å². The van der Waals surface area contributed by atoms with E-state index in [1.807, 2.05) is 27.7 Å². The molecule has 0 saturated carbocycles. The van der Waals surface area contributed by atoms with Gasteiger partial charge in [-0.1, -0.05) is 17.7 Å². The predicted octanol–water partition coefficient (Wildman–Crippen LogP) is 4.56. The summed E-state index contributed by atoms with van der Waals surface area (Å²) < 4.78 is 39.1. The van der Waals surface area contributed by atoms with E-state index in [9.17, 15) is 8.78 Å². The molecule has 1 aliphatic heterocycles. The molecule has 0 aromatic heterocycles. The van der Waals surface area contributed by atoms with E-state index in [4.69, 9.17) is 20.9 Å². The van der Waals surface area contributed by atoms with Crippen molar-refractivity contribution in [2.75, 3.05) is 5.75 Å². The summed E-state index contributed by atoms with van der Waals surface area (Å²) in [5, 5.41) is -0.527. The van der Waals surface area contributed by atoms with Crippen molar-refractivity contribution in [2.24, 2.45) is 0 Å². The van der Waals surface area contributed by atoms with E-state index in [1.54, 1.807) is 0 Å². The number of thiol groups is 1. The summed E-state index contributed by atoms with van der Waals surface area (Å²) in [5.74, 6) is -1.29. The molecule has 0 bridgehead atoms. The minimum atomic E-state index is -0.808. The molecule has 120 valence electrons. The predicted molar refractivity (Wildman–Crippen MR) is 89.3 cm³/mol. The van der Waals surface area contributed by atoms with E-state index < -0.39 is 35.0 Å². The van der Waals surface area contributed by atoms with Crippen molar-refractivity contribution in [3.05, 3.63) is 39.8 Å². The number of halogens is 3. The van der Waals surface area contributed by atoms with Gasteiger partial charge in [0.15, 0.2) is 5.82 Å². The fourth-order valence-electron chi connectivity index (χ4n) is 2.03. The molecule has 1 aliphatic rings. The standard InChI is InChI=1S/C15H18BClF2O2S/c1-14(2)15(3,4)21-16(20-14)10(8-22)7-9-5-6-11(18)12(17)13(9)19/h5-7,22H,8H2,1-4H3. The van der Waals surface area contributed by atoms with Crippen LogP contribution in [0.25, 0.3) is 6.08 Å². The van der Waals surface area contributed by atoms with E-state index in [-0.39, 0.29) is 5.56 Å². The van der Waals surface area contributed by atoms with Crippen molar-refractivity contribution < 1.29 is 18.1 Å². The molecule has 1 heterocycles. The highest BCUT2D eigenvalue weighted by Gasteiger charge is 2.52. The van der Waals surface area contributed by atoms with Gasteiger partial charge in [0.25, 0.3) is 0 Å². The summed E-state index contributed by atoms with van der Waals surface area (Å²) in [7, 11) is -0.634. The van der Waals surface area contributed by atoms with Crippen molar-refractivity contribution >= 4 is 37.4 Å². The van der Waals surface area contributed by atoms with Crippen LogP contribution in [0.4, 0.5) is 8.78 Å². The van der Waals surface area contributed by atoms with E-state index >= 15 is 0 Å². The maximum Gasteiger partial charge on any atom is 0.491 e. The monoisotopic (exact) mass is 346 g/mol. The number of benzene rings is 1. The molecular formula is C15H18BClF2O2S. The number of hydrogen-bond acceptors (Lipinski definition) is 3. The summed E-state index contributed by atoms with van der Waals surface area (Å²) in [4.78, 5) is 0. The first kappa shape index (κ1) is 17.8. The Morgan fingerprint density at radius 2 is 1.77 bits per heavy atom. The number of hydrogen-bond donors (Lipinski definition) is 1. The molecular weight excluding hydrogens is 328 g/mol. The molecule has 2 nitrogen and oxygen atoms in total. The Hall–Kier alpha value is -0.555. The lowest BCUT2D eigenvalue weighted by molar-refractivity contribution is 0.00578. The van der Waals surface area contributed by atoms with Gasteiger partial charge in [-0.25, -0.2) is 8.78 Å². The van der Waals surface area contributed by atoms with Gasteiger partial charge in [0, 0.05) is 11.3 Å². The molecule has 0 unspecified atom stereocenters. The van der Waals surface area contributed by atoms with Gasteiger partial charge in [-0.05, 0) is 45.3 Å². The Balaban J connectivity index is 2.36. The fourth-order valence-corrected chi connectivity index (χ4v) is 2.45. The summed E-state index contributed by atoms with van der Waals surface area (Å²) in [6, 6.07) is 2.45. The summed E-state index contributed by atoms with van der Waals surface area (Å²) in [5.41, 5.74) is -0.189. The van der Waals surface area contributed by atoms with Gasteiger partial charge in [-0.3, -0.25) is 0 Å². The van der Waals surface area contributed by atoms with Crippen molar-refractivity contribution in [3.8, 4) is 0 Å². The van der Waals surface area contributed by atoms with Gasteiger partial charge >= 0.3 is 7.12 Å². The molecule has 1 saturated heterocycles. The van der Waals surface area contributed by atoms with Crippen LogP contribution in [0.15, 0.2) is 17.6 Å². The van der Waals surface area contributed by atoms with Crippen molar-refractivity contribution in [1.29, 1.82) is 0 Å². The quantitative estimate of drug-likeness (QED) is 0.491. The third kappa shape index (κ3) is 3.20. The third-order valence-corrected chi connectivity index (χ3v) is 4.86. The number of rotatable bonds is 3. The first-order valence-electron chi connectivity index (χ1n) is 6.89. The maximum absolute atomic E-state index is 14.0. The second-order valence-electron chi connectivity index (χ2n) is 6.23. The molecule has 0 spiro atoms. The van der Waals surface area contributed by atoms with Crippen molar-refractivity contribution in [1.82, 2.24) is 0 Å².